The molecule has 0 aliphatic carbocycles. The summed E-state index contributed by atoms with van der Waals surface area (Å²) in [4.78, 5) is 22.1. The molecular formula is C18H15Cl2NO3. The van der Waals surface area contributed by atoms with Gasteiger partial charge in [0.15, 0.2) is 5.78 Å². The van der Waals surface area contributed by atoms with Crippen molar-refractivity contribution in [1.29, 1.82) is 0 Å². The molecule has 0 aromatic heterocycles. The first-order chi connectivity index (χ1) is 11.5. The minimum atomic E-state index is -1.21. The van der Waals surface area contributed by atoms with E-state index < -0.39 is 6.09 Å². The first kappa shape index (κ1) is 18.0. The van der Waals surface area contributed by atoms with Gasteiger partial charge in [0.05, 0.1) is 6.54 Å². The molecule has 0 fully saturated rings. The van der Waals surface area contributed by atoms with Crippen LogP contribution in [0.5, 0.6) is 0 Å². The highest BCUT2D eigenvalue weighted by atomic mass is 35.5. The van der Waals surface area contributed by atoms with Crippen LogP contribution in [0.2, 0.25) is 10.0 Å². The van der Waals surface area contributed by atoms with E-state index in [1.165, 1.54) is 0 Å². The number of hydrogen-bond acceptors (Lipinski definition) is 2. The van der Waals surface area contributed by atoms with Crippen molar-refractivity contribution < 1.29 is 14.7 Å². The van der Waals surface area contributed by atoms with Gasteiger partial charge in [0.1, 0.15) is 0 Å². The predicted octanol–water partition coefficient (Wildman–Crippen LogP) is 4.54. The van der Waals surface area contributed by atoms with Crippen LogP contribution in [0.1, 0.15) is 16.7 Å². The second-order valence-electron chi connectivity index (χ2n) is 5.09. The van der Waals surface area contributed by atoms with Crippen LogP contribution in [-0.4, -0.2) is 23.5 Å². The highest BCUT2D eigenvalue weighted by Gasteiger charge is 2.06. The summed E-state index contributed by atoms with van der Waals surface area (Å²) in [6, 6.07) is 12.7. The van der Waals surface area contributed by atoms with E-state index in [1.807, 2.05) is 36.4 Å². The standard InChI is InChI=1S/C18H15Cl2NO3/c19-16-5-2-6-17(20)15(16)8-7-12-3-1-4-13(9-12)10-14(22)11-21-18(23)24/h1-9,21H,10-11H2,(H,23,24)/b8-7+. The molecule has 0 heterocycles. The van der Waals surface area contributed by atoms with Crippen LogP contribution in [0.15, 0.2) is 42.5 Å². The van der Waals surface area contributed by atoms with E-state index in [0.717, 1.165) is 16.7 Å². The van der Waals surface area contributed by atoms with Gasteiger partial charge in [0, 0.05) is 22.0 Å². The zero-order valence-corrected chi connectivity index (χ0v) is 14.1. The molecule has 0 aliphatic heterocycles. The van der Waals surface area contributed by atoms with E-state index in [9.17, 15) is 9.59 Å². The maximum atomic E-state index is 11.7. The lowest BCUT2D eigenvalue weighted by Crippen LogP contribution is -2.28. The lowest BCUT2D eigenvalue weighted by molar-refractivity contribution is -0.117. The number of ketones is 1. The SMILES string of the molecule is O=C(CNC(=O)O)Cc1cccc(/C=C/c2c(Cl)cccc2Cl)c1. The molecule has 24 heavy (non-hydrogen) atoms. The number of Topliss-reactive ketones (excluding diaryl/α,β-unsaturated/α-hetero) is 1. The molecular weight excluding hydrogens is 349 g/mol. The fraction of sp³-hybridized carbons (Fsp3) is 0.111. The Morgan fingerprint density at radius 1 is 1.04 bits per heavy atom. The highest BCUT2D eigenvalue weighted by molar-refractivity contribution is 6.37. The molecule has 0 aliphatic rings. The minimum absolute atomic E-state index is 0.162. The monoisotopic (exact) mass is 363 g/mol. The molecule has 4 nitrogen and oxygen atoms in total. The van der Waals surface area contributed by atoms with Crippen molar-refractivity contribution >= 4 is 47.2 Å². The van der Waals surface area contributed by atoms with E-state index in [-0.39, 0.29) is 18.7 Å². The number of carboxylic acid groups (broad SMARTS) is 1. The average Bonchev–Trinajstić information content (AvgIpc) is 2.53. The summed E-state index contributed by atoms with van der Waals surface area (Å²) >= 11 is 12.2. The van der Waals surface area contributed by atoms with Crippen molar-refractivity contribution in [3.8, 4) is 0 Å². The number of nitrogens with one attached hydrogen (secondary N) is 1. The van der Waals surface area contributed by atoms with Crippen LogP contribution in [0.4, 0.5) is 4.79 Å². The number of amides is 1. The zero-order valence-electron chi connectivity index (χ0n) is 12.6. The van der Waals surface area contributed by atoms with Crippen molar-refractivity contribution in [3.05, 3.63) is 69.2 Å². The number of halogens is 2. The second kappa shape index (κ2) is 8.52. The molecule has 1 amide bonds. The van der Waals surface area contributed by atoms with Crippen LogP contribution >= 0.6 is 23.2 Å². The Kier molecular flexibility index (Phi) is 6.41. The zero-order chi connectivity index (χ0) is 17.5. The maximum Gasteiger partial charge on any atom is 0.405 e. The summed E-state index contributed by atoms with van der Waals surface area (Å²) in [6.45, 7) is -0.204. The summed E-state index contributed by atoms with van der Waals surface area (Å²) in [5.74, 6) is -0.201. The number of benzene rings is 2. The normalized spacial score (nSPS) is 10.8. The van der Waals surface area contributed by atoms with E-state index in [1.54, 1.807) is 18.2 Å². The fourth-order valence-corrected chi connectivity index (χ4v) is 2.64. The Labute approximate surface area is 149 Å². The van der Waals surface area contributed by atoms with Gasteiger partial charge >= 0.3 is 6.09 Å². The van der Waals surface area contributed by atoms with E-state index in [0.29, 0.717) is 10.0 Å². The number of carbonyl (C=O) groups excluding carboxylic acids is 1. The van der Waals surface area contributed by atoms with Gasteiger partial charge in [-0.3, -0.25) is 4.79 Å². The Hall–Kier alpha value is -2.30. The lowest BCUT2D eigenvalue weighted by atomic mass is 10.0. The van der Waals surface area contributed by atoms with Gasteiger partial charge < -0.3 is 10.4 Å². The van der Waals surface area contributed by atoms with Crippen LogP contribution in [0.3, 0.4) is 0 Å². The first-order valence-corrected chi connectivity index (χ1v) is 7.91. The number of carbonyl (C=O) groups is 2. The van der Waals surface area contributed by atoms with Crippen molar-refractivity contribution in [3.63, 3.8) is 0 Å². The van der Waals surface area contributed by atoms with Gasteiger partial charge in [-0.1, -0.05) is 65.7 Å². The molecule has 124 valence electrons. The highest BCUT2D eigenvalue weighted by Crippen LogP contribution is 2.26. The summed E-state index contributed by atoms with van der Waals surface area (Å²) in [5, 5.41) is 11.7. The van der Waals surface area contributed by atoms with Crippen molar-refractivity contribution in [2.75, 3.05) is 6.54 Å². The molecule has 2 aromatic carbocycles. The van der Waals surface area contributed by atoms with Gasteiger partial charge in [0.25, 0.3) is 0 Å². The summed E-state index contributed by atoms with van der Waals surface area (Å²) in [5.41, 5.74) is 2.43. The minimum Gasteiger partial charge on any atom is -0.465 e. The molecule has 2 aromatic rings. The third kappa shape index (κ3) is 5.41. The average molecular weight is 364 g/mol. The van der Waals surface area contributed by atoms with E-state index >= 15 is 0 Å². The molecule has 0 radical (unpaired) electrons. The van der Waals surface area contributed by atoms with Crippen LogP contribution in [-0.2, 0) is 11.2 Å². The smallest absolute Gasteiger partial charge is 0.405 e. The van der Waals surface area contributed by atoms with Gasteiger partial charge in [0.2, 0.25) is 0 Å². The Morgan fingerprint density at radius 2 is 1.71 bits per heavy atom. The largest absolute Gasteiger partial charge is 0.465 e. The van der Waals surface area contributed by atoms with Crippen molar-refractivity contribution in [2.24, 2.45) is 0 Å². The van der Waals surface area contributed by atoms with Gasteiger partial charge in [-0.2, -0.15) is 0 Å². The van der Waals surface area contributed by atoms with Gasteiger partial charge in [-0.25, -0.2) is 4.79 Å². The third-order valence-corrected chi connectivity index (χ3v) is 3.89. The van der Waals surface area contributed by atoms with Gasteiger partial charge in [-0.15, -0.1) is 0 Å². The quantitative estimate of drug-likeness (QED) is 0.740. The fourth-order valence-electron chi connectivity index (χ4n) is 2.12. The molecule has 0 atom stereocenters. The van der Waals surface area contributed by atoms with Gasteiger partial charge in [-0.05, 0) is 23.3 Å². The number of hydrogen-bond donors (Lipinski definition) is 2. The molecule has 0 saturated heterocycles. The first-order valence-electron chi connectivity index (χ1n) is 7.15. The molecule has 0 spiro atoms. The Morgan fingerprint density at radius 3 is 2.38 bits per heavy atom. The van der Waals surface area contributed by atoms with E-state index in [4.69, 9.17) is 28.3 Å². The number of rotatable bonds is 6. The van der Waals surface area contributed by atoms with E-state index in [2.05, 4.69) is 5.32 Å². The van der Waals surface area contributed by atoms with Crippen LogP contribution < -0.4 is 5.32 Å². The summed E-state index contributed by atoms with van der Waals surface area (Å²) < 4.78 is 0. The molecule has 2 N–H and O–H groups in total. The van der Waals surface area contributed by atoms with Crippen LogP contribution in [0, 0.1) is 0 Å². The Balaban J connectivity index is 2.09. The molecule has 0 bridgehead atoms. The molecule has 2 rings (SSSR count). The summed E-state index contributed by atoms with van der Waals surface area (Å²) in [6.07, 6.45) is 2.62. The van der Waals surface area contributed by atoms with Crippen molar-refractivity contribution in [1.82, 2.24) is 5.32 Å². The predicted molar refractivity (Wildman–Crippen MR) is 96.6 cm³/mol. The second-order valence-corrected chi connectivity index (χ2v) is 5.90. The molecule has 0 saturated carbocycles. The van der Waals surface area contributed by atoms with Crippen LogP contribution in [0.25, 0.3) is 12.2 Å². The third-order valence-electron chi connectivity index (χ3n) is 3.23. The maximum absolute atomic E-state index is 11.7. The van der Waals surface area contributed by atoms with Crippen molar-refractivity contribution in [2.45, 2.75) is 6.42 Å². The topological polar surface area (TPSA) is 66.4 Å². The molecule has 0 unspecified atom stereocenters. The summed E-state index contributed by atoms with van der Waals surface area (Å²) in [7, 11) is 0. The Bertz CT molecular complexity index is 767. The molecule has 6 heteroatoms. The lowest BCUT2D eigenvalue weighted by Gasteiger charge is -2.04.